The molecule has 1 atom stereocenters. The highest BCUT2D eigenvalue weighted by Gasteiger charge is 2.22. The van der Waals surface area contributed by atoms with Crippen LogP contribution in [0.2, 0.25) is 0 Å². The predicted molar refractivity (Wildman–Crippen MR) is 126 cm³/mol. The summed E-state index contributed by atoms with van der Waals surface area (Å²) in [6, 6.07) is 6.52. The van der Waals surface area contributed by atoms with Gasteiger partial charge in [0.1, 0.15) is 5.65 Å². The molecule has 1 amide bonds. The molecule has 174 valence electrons. The van der Waals surface area contributed by atoms with Gasteiger partial charge >= 0.3 is 0 Å². The Morgan fingerprint density at radius 3 is 3.03 bits per heavy atom. The number of aromatic amines is 1. The van der Waals surface area contributed by atoms with Gasteiger partial charge in [-0.15, -0.1) is 0 Å². The number of carbonyl (C=O) groups excluding carboxylic acids is 1. The molecule has 3 N–H and O–H groups in total. The fraction of sp³-hybridized carbons (Fsp3) is 0.217. The third-order valence-electron chi connectivity index (χ3n) is 5.59. The zero-order valence-electron chi connectivity index (χ0n) is 18.5. The molecule has 1 saturated heterocycles. The Hall–Kier alpha value is -4.25. The largest absolute Gasteiger partial charge is 0.435 e. The number of likely N-dealkylation sites (N-methyl/N-ethyl adjacent to an activating group) is 1. The van der Waals surface area contributed by atoms with Crippen molar-refractivity contribution in [2.75, 3.05) is 30.8 Å². The molecule has 3 aromatic heterocycles. The van der Waals surface area contributed by atoms with Crippen LogP contribution in [0, 0.1) is 5.82 Å². The maximum Gasteiger partial charge on any atom is 0.247 e. The lowest BCUT2D eigenvalue weighted by molar-refractivity contribution is -0.111. The number of nitrogens with zero attached hydrogens (tertiary/aromatic N) is 5. The quantitative estimate of drug-likeness (QED) is 0.358. The molecule has 0 radical (unpaired) electrons. The van der Waals surface area contributed by atoms with Crippen LogP contribution in [0.5, 0.6) is 11.6 Å². The summed E-state index contributed by atoms with van der Waals surface area (Å²) in [5.74, 6) is -0.916. The second-order valence-corrected chi connectivity index (χ2v) is 8.04. The van der Waals surface area contributed by atoms with E-state index in [4.69, 9.17) is 4.74 Å². The number of anilines is 3. The van der Waals surface area contributed by atoms with Gasteiger partial charge in [-0.3, -0.25) is 9.48 Å². The van der Waals surface area contributed by atoms with Crippen molar-refractivity contribution in [1.29, 1.82) is 0 Å². The summed E-state index contributed by atoms with van der Waals surface area (Å²) >= 11 is 0. The van der Waals surface area contributed by atoms with Crippen LogP contribution in [0.4, 0.5) is 21.7 Å². The number of rotatable bonds is 7. The number of likely N-dealkylation sites (tertiary alicyclic amines) is 1. The van der Waals surface area contributed by atoms with Crippen LogP contribution < -0.4 is 15.4 Å². The summed E-state index contributed by atoms with van der Waals surface area (Å²) in [6.07, 6.45) is 7.43. The Bertz CT molecular complexity index is 1360. The van der Waals surface area contributed by atoms with E-state index in [-0.39, 0.29) is 23.3 Å². The molecule has 1 aliphatic rings. The van der Waals surface area contributed by atoms with E-state index in [1.54, 1.807) is 24.5 Å². The summed E-state index contributed by atoms with van der Waals surface area (Å²) in [5.41, 5.74) is 1.23. The molecule has 0 spiro atoms. The third kappa shape index (κ3) is 4.33. The van der Waals surface area contributed by atoms with E-state index < -0.39 is 11.7 Å². The Kier molecular flexibility index (Phi) is 5.68. The summed E-state index contributed by atoms with van der Waals surface area (Å²) in [5, 5.41) is 10.6. The molecule has 1 aromatic carbocycles. The second kappa shape index (κ2) is 8.94. The van der Waals surface area contributed by atoms with Crippen molar-refractivity contribution in [3.05, 3.63) is 61.3 Å². The van der Waals surface area contributed by atoms with Gasteiger partial charge in [0.25, 0.3) is 0 Å². The summed E-state index contributed by atoms with van der Waals surface area (Å²) in [7, 11) is 2.09. The minimum absolute atomic E-state index is 0.0231. The number of fused-ring (bicyclic) bond motifs is 1. The van der Waals surface area contributed by atoms with Crippen molar-refractivity contribution < 1.29 is 13.9 Å². The maximum absolute atomic E-state index is 15.0. The number of ether oxygens (including phenoxy) is 1. The normalized spacial score (nSPS) is 16.0. The summed E-state index contributed by atoms with van der Waals surface area (Å²) in [4.78, 5) is 25.8. The molecule has 0 aliphatic carbocycles. The van der Waals surface area contributed by atoms with E-state index >= 15 is 0 Å². The van der Waals surface area contributed by atoms with Gasteiger partial charge in [-0.1, -0.05) is 12.6 Å². The van der Waals surface area contributed by atoms with Gasteiger partial charge in [0.2, 0.25) is 17.7 Å². The number of amides is 1. The summed E-state index contributed by atoms with van der Waals surface area (Å²) in [6.45, 7) is 5.36. The van der Waals surface area contributed by atoms with Crippen LogP contribution in [0.3, 0.4) is 0 Å². The minimum Gasteiger partial charge on any atom is -0.435 e. The van der Waals surface area contributed by atoms with Crippen LogP contribution in [0.15, 0.2) is 55.5 Å². The molecule has 10 nitrogen and oxygen atoms in total. The minimum atomic E-state index is -0.725. The van der Waals surface area contributed by atoms with Crippen LogP contribution in [-0.2, 0) is 4.79 Å². The molecule has 5 rings (SSSR count). The molecular formula is C23H23FN8O2. The van der Waals surface area contributed by atoms with Crippen molar-refractivity contribution >= 4 is 34.3 Å². The molecule has 0 unspecified atom stereocenters. The predicted octanol–water partition coefficient (Wildman–Crippen LogP) is 3.83. The van der Waals surface area contributed by atoms with E-state index in [2.05, 4.69) is 49.2 Å². The number of hydrogen-bond acceptors (Lipinski definition) is 7. The molecular weight excluding hydrogens is 439 g/mol. The van der Waals surface area contributed by atoms with Gasteiger partial charge < -0.3 is 25.3 Å². The first-order valence-corrected chi connectivity index (χ1v) is 10.7. The molecule has 34 heavy (non-hydrogen) atoms. The van der Waals surface area contributed by atoms with E-state index in [1.165, 1.54) is 12.1 Å². The Labute approximate surface area is 194 Å². The van der Waals surface area contributed by atoms with Crippen molar-refractivity contribution in [3.63, 3.8) is 0 Å². The van der Waals surface area contributed by atoms with Crippen molar-refractivity contribution in [2.45, 2.75) is 12.5 Å². The zero-order valence-corrected chi connectivity index (χ0v) is 18.5. The maximum atomic E-state index is 15.0. The molecule has 4 heterocycles. The standard InChI is InChI=1S/C23H23FN8O2/c1-3-19(33)28-17-5-4-6-18(20(17)24)34-22-16-7-9-25-21(16)29-23(30-22)27-14-11-26-32(12-14)15-8-10-31(2)13-15/h3-7,9,11-12,15H,1,8,10,13H2,2H3,(H,28,33)(H2,25,27,29,30)/t15-/m0/s1. The number of halogens is 1. The van der Waals surface area contributed by atoms with Gasteiger partial charge in [-0.25, -0.2) is 4.39 Å². The highest BCUT2D eigenvalue weighted by molar-refractivity contribution is 5.99. The van der Waals surface area contributed by atoms with E-state index in [0.29, 0.717) is 17.1 Å². The number of nitrogens with one attached hydrogen (secondary N) is 3. The van der Waals surface area contributed by atoms with Gasteiger partial charge in [-0.05, 0) is 44.3 Å². The lowest BCUT2D eigenvalue weighted by atomic mass is 10.2. The first-order valence-electron chi connectivity index (χ1n) is 10.7. The Balaban J connectivity index is 1.41. The zero-order chi connectivity index (χ0) is 23.7. The van der Waals surface area contributed by atoms with Crippen LogP contribution in [0.25, 0.3) is 11.0 Å². The average Bonchev–Trinajstić information content (AvgIpc) is 3.57. The lowest BCUT2D eigenvalue weighted by Crippen LogP contribution is -2.16. The number of benzene rings is 1. The fourth-order valence-corrected chi connectivity index (χ4v) is 3.88. The molecule has 0 saturated carbocycles. The average molecular weight is 462 g/mol. The number of carbonyl (C=O) groups is 1. The van der Waals surface area contributed by atoms with E-state index in [9.17, 15) is 9.18 Å². The Morgan fingerprint density at radius 2 is 2.24 bits per heavy atom. The fourth-order valence-electron chi connectivity index (χ4n) is 3.88. The lowest BCUT2D eigenvalue weighted by Gasteiger charge is -2.12. The molecule has 1 fully saturated rings. The molecule has 0 bridgehead atoms. The number of hydrogen-bond donors (Lipinski definition) is 3. The van der Waals surface area contributed by atoms with Gasteiger partial charge in [0, 0.05) is 18.9 Å². The number of H-pyrrole nitrogens is 1. The Morgan fingerprint density at radius 1 is 1.35 bits per heavy atom. The van der Waals surface area contributed by atoms with Crippen LogP contribution >= 0.6 is 0 Å². The topological polar surface area (TPSA) is 113 Å². The molecule has 1 aliphatic heterocycles. The third-order valence-corrected chi connectivity index (χ3v) is 5.59. The van der Waals surface area contributed by atoms with Crippen molar-refractivity contribution in [2.24, 2.45) is 0 Å². The van der Waals surface area contributed by atoms with Gasteiger partial charge in [0.15, 0.2) is 11.6 Å². The highest BCUT2D eigenvalue weighted by atomic mass is 19.1. The second-order valence-electron chi connectivity index (χ2n) is 8.04. The van der Waals surface area contributed by atoms with E-state index in [0.717, 1.165) is 31.3 Å². The van der Waals surface area contributed by atoms with Crippen molar-refractivity contribution in [1.82, 2.24) is 29.6 Å². The monoisotopic (exact) mass is 462 g/mol. The molecule has 11 heteroatoms. The van der Waals surface area contributed by atoms with Crippen molar-refractivity contribution in [3.8, 4) is 11.6 Å². The number of aromatic nitrogens is 5. The van der Waals surface area contributed by atoms with Crippen LogP contribution in [0.1, 0.15) is 12.5 Å². The van der Waals surface area contributed by atoms with Gasteiger partial charge in [0.05, 0.1) is 29.0 Å². The van der Waals surface area contributed by atoms with Crippen LogP contribution in [-0.4, -0.2) is 55.7 Å². The highest BCUT2D eigenvalue weighted by Crippen LogP contribution is 2.33. The summed E-state index contributed by atoms with van der Waals surface area (Å²) < 4.78 is 22.7. The first-order chi connectivity index (χ1) is 16.5. The first kappa shape index (κ1) is 21.6. The van der Waals surface area contributed by atoms with Gasteiger partial charge in [-0.2, -0.15) is 15.1 Å². The smallest absolute Gasteiger partial charge is 0.247 e. The van der Waals surface area contributed by atoms with E-state index in [1.807, 2.05) is 10.9 Å². The molecule has 4 aromatic rings. The SMILES string of the molecule is C=CC(=O)Nc1cccc(Oc2nc(Nc3cnn([C@H]4CCN(C)C4)c3)nc3[nH]ccc23)c1F.